The monoisotopic (exact) mass is 460 g/mol. The van der Waals surface area contributed by atoms with Crippen LogP contribution < -0.4 is 4.72 Å². The first-order valence-corrected chi connectivity index (χ1v) is 11.5. The Bertz CT molecular complexity index is 966. The quantitative estimate of drug-likeness (QED) is 0.638. The Labute approximate surface area is 182 Å². The Morgan fingerprint density at radius 2 is 1.79 bits per heavy atom. The number of rotatable bonds is 6. The molecule has 0 amide bonds. The third kappa shape index (κ3) is 4.20. The van der Waals surface area contributed by atoms with E-state index < -0.39 is 10.0 Å². The van der Waals surface area contributed by atoms with Crippen molar-refractivity contribution in [3.63, 3.8) is 0 Å². The van der Waals surface area contributed by atoms with Crippen LogP contribution in [0.1, 0.15) is 35.6 Å². The van der Waals surface area contributed by atoms with Gasteiger partial charge in [0.15, 0.2) is 0 Å². The van der Waals surface area contributed by atoms with E-state index in [9.17, 15) is 8.42 Å². The van der Waals surface area contributed by atoms with Crippen LogP contribution in [0.2, 0.25) is 10.0 Å². The summed E-state index contributed by atoms with van der Waals surface area (Å²) >= 11 is 12.0. The van der Waals surface area contributed by atoms with Gasteiger partial charge in [-0.1, -0.05) is 47.5 Å². The van der Waals surface area contributed by atoms with Crippen LogP contribution in [0, 0.1) is 0 Å². The zero-order valence-corrected chi connectivity index (χ0v) is 18.5. The lowest BCUT2D eigenvalue weighted by Crippen LogP contribution is -2.36. The molecule has 1 atom stereocenters. The first-order valence-electron chi connectivity index (χ1n) is 9.26. The van der Waals surface area contributed by atoms with Gasteiger partial charge >= 0.3 is 0 Å². The molecule has 2 aliphatic rings. The Hall–Kier alpha value is -0.820. The molecule has 0 bridgehead atoms. The second kappa shape index (κ2) is 8.90. The first-order chi connectivity index (χ1) is 13.0. The number of halogens is 3. The molecule has 1 heterocycles. The summed E-state index contributed by atoms with van der Waals surface area (Å²) < 4.78 is 27.6. The highest BCUT2D eigenvalue weighted by atomic mass is 35.5. The zero-order chi connectivity index (χ0) is 19.0. The SMILES string of the molecule is Cl.O=S(=O)(NCCCN1CCc2cccc3c2C1CC3)c1cccc(Cl)c1Cl. The third-order valence-corrected chi connectivity index (χ3v) is 7.97. The van der Waals surface area contributed by atoms with Gasteiger partial charge in [-0.15, -0.1) is 12.4 Å². The number of nitrogens with one attached hydrogen (secondary N) is 1. The summed E-state index contributed by atoms with van der Waals surface area (Å²) in [5, 5.41) is 0.307. The second-order valence-corrected chi connectivity index (χ2v) is 9.65. The van der Waals surface area contributed by atoms with E-state index in [0.717, 1.165) is 38.8 Å². The van der Waals surface area contributed by atoms with E-state index >= 15 is 0 Å². The van der Waals surface area contributed by atoms with Crippen molar-refractivity contribution in [3.05, 3.63) is 63.1 Å². The minimum atomic E-state index is -3.66. The van der Waals surface area contributed by atoms with Gasteiger partial charge < -0.3 is 0 Å². The lowest BCUT2D eigenvalue weighted by Gasteiger charge is -2.35. The molecule has 1 N–H and O–H groups in total. The summed E-state index contributed by atoms with van der Waals surface area (Å²) in [6.45, 7) is 2.29. The van der Waals surface area contributed by atoms with E-state index in [-0.39, 0.29) is 27.3 Å². The average molecular weight is 462 g/mol. The fourth-order valence-electron chi connectivity index (χ4n) is 4.28. The fourth-order valence-corrected chi connectivity index (χ4v) is 6.11. The van der Waals surface area contributed by atoms with Crippen LogP contribution in [0.25, 0.3) is 0 Å². The Kier molecular flexibility index (Phi) is 6.96. The van der Waals surface area contributed by atoms with Crippen LogP contribution in [0.15, 0.2) is 41.3 Å². The Morgan fingerprint density at radius 3 is 2.57 bits per heavy atom. The second-order valence-electron chi connectivity index (χ2n) is 7.13. The predicted molar refractivity (Wildman–Crippen MR) is 116 cm³/mol. The van der Waals surface area contributed by atoms with Gasteiger partial charge in [0.25, 0.3) is 0 Å². The van der Waals surface area contributed by atoms with Crippen LogP contribution in [-0.4, -0.2) is 33.0 Å². The number of aryl methyl sites for hydroxylation is 1. The molecule has 0 radical (unpaired) electrons. The first kappa shape index (κ1) is 21.9. The molecule has 8 heteroatoms. The normalized spacial score (nSPS) is 18.6. The summed E-state index contributed by atoms with van der Waals surface area (Å²) in [6, 6.07) is 11.8. The molecule has 0 saturated heterocycles. The van der Waals surface area contributed by atoms with Gasteiger partial charge in [0.05, 0.1) is 10.0 Å². The van der Waals surface area contributed by atoms with Crippen LogP contribution >= 0.6 is 35.6 Å². The van der Waals surface area contributed by atoms with Crippen molar-refractivity contribution < 1.29 is 8.42 Å². The molecule has 28 heavy (non-hydrogen) atoms. The minimum Gasteiger partial charge on any atom is -0.296 e. The standard InChI is InChI=1S/C20H22Cl2N2O2S.ClH/c21-16-6-2-7-18(20(16)22)27(25,26)23-11-3-12-24-13-10-15-5-1-4-14-8-9-17(24)19(14)15;/h1-2,4-7,17,23H,3,8-13H2;1H. The topological polar surface area (TPSA) is 49.4 Å². The molecule has 2 aromatic carbocycles. The number of benzene rings is 2. The largest absolute Gasteiger partial charge is 0.296 e. The van der Waals surface area contributed by atoms with E-state index in [1.807, 2.05) is 0 Å². The van der Waals surface area contributed by atoms with Gasteiger partial charge in [0.2, 0.25) is 10.0 Å². The molecule has 4 nitrogen and oxygen atoms in total. The molecule has 0 saturated carbocycles. The lowest BCUT2D eigenvalue weighted by molar-refractivity contribution is 0.184. The van der Waals surface area contributed by atoms with Crippen molar-refractivity contribution in [2.24, 2.45) is 0 Å². The number of hydrogen-bond acceptors (Lipinski definition) is 3. The number of hydrogen-bond donors (Lipinski definition) is 1. The molecule has 1 aliphatic heterocycles. The summed E-state index contributed by atoms with van der Waals surface area (Å²) in [6.07, 6.45) is 4.13. The molecule has 2 aromatic rings. The van der Waals surface area contributed by atoms with Crippen LogP contribution in [0.5, 0.6) is 0 Å². The molecule has 1 aliphatic carbocycles. The van der Waals surface area contributed by atoms with E-state index in [0.29, 0.717) is 12.6 Å². The van der Waals surface area contributed by atoms with Gasteiger partial charge in [-0.2, -0.15) is 0 Å². The van der Waals surface area contributed by atoms with E-state index in [1.165, 1.54) is 22.8 Å². The average Bonchev–Trinajstić information content (AvgIpc) is 3.08. The van der Waals surface area contributed by atoms with Crippen molar-refractivity contribution in [2.45, 2.75) is 36.6 Å². The number of sulfonamides is 1. The van der Waals surface area contributed by atoms with Crippen molar-refractivity contribution in [1.82, 2.24) is 9.62 Å². The molecular weight excluding hydrogens is 439 g/mol. The van der Waals surface area contributed by atoms with Crippen LogP contribution in [0.4, 0.5) is 0 Å². The van der Waals surface area contributed by atoms with Gasteiger partial charge in [0.1, 0.15) is 4.90 Å². The van der Waals surface area contributed by atoms with Crippen molar-refractivity contribution in [1.29, 1.82) is 0 Å². The highest BCUT2D eigenvalue weighted by Gasteiger charge is 2.32. The highest BCUT2D eigenvalue weighted by molar-refractivity contribution is 7.89. The molecule has 1 unspecified atom stereocenters. The molecule has 0 fully saturated rings. The summed E-state index contributed by atoms with van der Waals surface area (Å²) in [5.41, 5.74) is 4.50. The van der Waals surface area contributed by atoms with E-state index in [4.69, 9.17) is 23.2 Å². The minimum absolute atomic E-state index is 0. The molecular formula is C20H23Cl3N2O2S. The maximum absolute atomic E-state index is 12.5. The van der Waals surface area contributed by atoms with Crippen LogP contribution in [-0.2, 0) is 22.9 Å². The van der Waals surface area contributed by atoms with E-state index in [2.05, 4.69) is 27.8 Å². The molecule has 4 rings (SSSR count). The van der Waals surface area contributed by atoms with Crippen molar-refractivity contribution in [3.8, 4) is 0 Å². The maximum atomic E-state index is 12.5. The molecule has 152 valence electrons. The van der Waals surface area contributed by atoms with E-state index in [1.54, 1.807) is 12.1 Å². The van der Waals surface area contributed by atoms with Crippen molar-refractivity contribution in [2.75, 3.05) is 19.6 Å². The predicted octanol–water partition coefficient (Wildman–Crippen LogP) is 4.63. The van der Waals surface area contributed by atoms with Gasteiger partial charge in [-0.3, -0.25) is 4.90 Å². The summed E-state index contributed by atoms with van der Waals surface area (Å²) in [7, 11) is -3.66. The molecule has 0 spiro atoms. The summed E-state index contributed by atoms with van der Waals surface area (Å²) in [5.74, 6) is 0. The lowest BCUT2D eigenvalue weighted by atomic mass is 9.93. The van der Waals surface area contributed by atoms with Crippen molar-refractivity contribution >= 4 is 45.6 Å². The zero-order valence-electron chi connectivity index (χ0n) is 15.3. The maximum Gasteiger partial charge on any atom is 0.242 e. The Balaban J connectivity index is 0.00000225. The third-order valence-electron chi connectivity index (χ3n) is 5.54. The number of nitrogens with zero attached hydrogens (tertiary/aromatic N) is 1. The Morgan fingerprint density at radius 1 is 1.07 bits per heavy atom. The van der Waals surface area contributed by atoms with Crippen LogP contribution in [0.3, 0.4) is 0 Å². The summed E-state index contributed by atoms with van der Waals surface area (Å²) in [4.78, 5) is 2.53. The molecule has 0 aromatic heterocycles. The smallest absolute Gasteiger partial charge is 0.242 e. The van der Waals surface area contributed by atoms with Gasteiger partial charge in [-0.05, 0) is 54.5 Å². The fraction of sp³-hybridized carbons (Fsp3) is 0.400. The van der Waals surface area contributed by atoms with Gasteiger partial charge in [-0.25, -0.2) is 13.1 Å². The van der Waals surface area contributed by atoms with Gasteiger partial charge in [0, 0.05) is 25.7 Å². The highest BCUT2D eigenvalue weighted by Crippen LogP contribution is 2.41.